The third-order valence-electron chi connectivity index (χ3n) is 3.99. The molecule has 0 saturated carbocycles. The number of fused-ring (bicyclic) bond motifs is 1. The molecule has 0 aliphatic heterocycles. The maximum Gasteiger partial charge on any atom is 0.326 e. The van der Waals surface area contributed by atoms with Gasteiger partial charge in [0.25, 0.3) is 0 Å². The van der Waals surface area contributed by atoms with Crippen molar-refractivity contribution < 1.29 is 14.7 Å². The molecule has 3 aromatic rings. The number of aromatic nitrogens is 1. The molecule has 0 bridgehead atoms. The number of rotatable bonds is 7. The summed E-state index contributed by atoms with van der Waals surface area (Å²) in [4.78, 5) is 26.7. The fourth-order valence-electron chi connectivity index (χ4n) is 2.68. The molecule has 1 unspecified atom stereocenters. The molecule has 5 nitrogen and oxygen atoms in total. The van der Waals surface area contributed by atoms with Crippen molar-refractivity contribution in [1.82, 2.24) is 10.3 Å². The number of hydrogen-bond donors (Lipinski definition) is 3. The van der Waals surface area contributed by atoms with Gasteiger partial charge in [0.05, 0.1) is 0 Å². The first-order chi connectivity index (χ1) is 12.1. The largest absolute Gasteiger partial charge is 0.480 e. The quantitative estimate of drug-likeness (QED) is 0.458. The number of benzene rings is 2. The van der Waals surface area contributed by atoms with E-state index in [4.69, 9.17) is 0 Å². The van der Waals surface area contributed by atoms with Crippen molar-refractivity contribution in [3.05, 3.63) is 84.2 Å². The number of aromatic amines is 1. The Morgan fingerprint density at radius 2 is 1.80 bits per heavy atom. The lowest BCUT2D eigenvalue weighted by atomic mass is 10.1. The van der Waals surface area contributed by atoms with Crippen LogP contribution in [0.3, 0.4) is 0 Å². The zero-order valence-corrected chi connectivity index (χ0v) is 13.5. The predicted octanol–water partition coefficient (Wildman–Crippen LogP) is 3.15. The van der Waals surface area contributed by atoms with Crippen molar-refractivity contribution in [3.63, 3.8) is 0 Å². The van der Waals surface area contributed by atoms with Crippen LogP contribution in [0.1, 0.15) is 15.9 Å². The fraction of sp³-hybridized carbons (Fsp3) is 0.100. The van der Waals surface area contributed by atoms with Crippen molar-refractivity contribution in [2.75, 3.05) is 0 Å². The third-order valence-corrected chi connectivity index (χ3v) is 3.99. The molecule has 25 heavy (non-hydrogen) atoms. The number of carboxylic acid groups (broad SMARTS) is 1. The topological polar surface area (TPSA) is 82.2 Å². The molecule has 0 amide bonds. The van der Waals surface area contributed by atoms with Gasteiger partial charge in [-0.3, -0.25) is 4.79 Å². The van der Waals surface area contributed by atoms with E-state index in [1.807, 2.05) is 36.5 Å². The number of allylic oxidation sites excluding steroid dienone is 1. The zero-order valence-electron chi connectivity index (χ0n) is 13.5. The molecule has 0 saturated heterocycles. The molecule has 0 aliphatic rings. The predicted molar refractivity (Wildman–Crippen MR) is 96.5 cm³/mol. The van der Waals surface area contributed by atoms with Crippen molar-refractivity contribution in [2.45, 2.75) is 12.5 Å². The third kappa shape index (κ3) is 3.95. The van der Waals surface area contributed by atoms with Gasteiger partial charge in [-0.1, -0.05) is 48.5 Å². The van der Waals surface area contributed by atoms with Crippen LogP contribution in [-0.2, 0) is 11.2 Å². The summed E-state index contributed by atoms with van der Waals surface area (Å²) in [7, 11) is 0. The van der Waals surface area contributed by atoms with E-state index in [1.165, 1.54) is 12.3 Å². The van der Waals surface area contributed by atoms with Crippen LogP contribution in [-0.4, -0.2) is 27.9 Å². The van der Waals surface area contributed by atoms with Gasteiger partial charge in [0, 0.05) is 41.4 Å². The lowest BCUT2D eigenvalue weighted by Crippen LogP contribution is -2.35. The molecular weight excluding hydrogens is 316 g/mol. The number of nitrogens with one attached hydrogen (secondary N) is 2. The summed E-state index contributed by atoms with van der Waals surface area (Å²) in [6.07, 6.45) is 4.88. The molecule has 0 spiro atoms. The SMILES string of the molecule is O=C(/C=C/NC(Cc1c[nH]c2ccccc12)C(=O)O)c1ccccc1. The number of ketones is 1. The minimum Gasteiger partial charge on any atom is -0.480 e. The van der Waals surface area contributed by atoms with Gasteiger partial charge < -0.3 is 15.4 Å². The molecule has 0 fully saturated rings. The summed E-state index contributed by atoms with van der Waals surface area (Å²) in [6, 6.07) is 15.8. The molecule has 3 N–H and O–H groups in total. The Labute approximate surface area is 145 Å². The first-order valence-electron chi connectivity index (χ1n) is 7.95. The summed E-state index contributed by atoms with van der Waals surface area (Å²) in [5.74, 6) is -1.15. The van der Waals surface area contributed by atoms with Crippen molar-refractivity contribution >= 4 is 22.7 Å². The highest BCUT2D eigenvalue weighted by molar-refractivity contribution is 6.04. The number of aliphatic carboxylic acids is 1. The molecule has 1 atom stereocenters. The lowest BCUT2D eigenvalue weighted by molar-refractivity contribution is -0.139. The molecule has 1 aromatic heterocycles. The zero-order chi connectivity index (χ0) is 17.6. The fourth-order valence-corrected chi connectivity index (χ4v) is 2.68. The molecule has 0 aliphatic carbocycles. The van der Waals surface area contributed by atoms with Crippen LogP contribution in [0.15, 0.2) is 73.1 Å². The molecule has 126 valence electrons. The highest BCUT2D eigenvalue weighted by atomic mass is 16.4. The maximum absolute atomic E-state index is 12.0. The second-order valence-corrected chi connectivity index (χ2v) is 5.68. The first kappa shape index (κ1) is 16.5. The summed E-state index contributed by atoms with van der Waals surface area (Å²) in [6.45, 7) is 0. The molecule has 1 heterocycles. The average molecular weight is 334 g/mol. The van der Waals surface area contributed by atoms with Gasteiger partial charge >= 0.3 is 5.97 Å². The Hall–Kier alpha value is -3.34. The van der Waals surface area contributed by atoms with Gasteiger partial charge in [-0.25, -0.2) is 4.79 Å². The van der Waals surface area contributed by atoms with Crippen molar-refractivity contribution in [1.29, 1.82) is 0 Å². The van der Waals surface area contributed by atoms with E-state index in [2.05, 4.69) is 10.3 Å². The van der Waals surface area contributed by atoms with E-state index in [0.717, 1.165) is 16.5 Å². The molecular formula is C20H18N2O3. The Bertz CT molecular complexity index is 913. The Morgan fingerprint density at radius 3 is 2.56 bits per heavy atom. The number of carboxylic acids is 1. The smallest absolute Gasteiger partial charge is 0.326 e. The van der Waals surface area contributed by atoms with Gasteiger partial charge in [-0.05, 0) is 11.6 Å². The minimum absolute atomic E-state index is 0.177. The minimum atomic E-state index is -0.970. The van der Waals surface area contributed by atoms with Crippen LogP contribution in [0.2, 0.25) is 0 Å². The molecule has 2 aromatic carbocycles. The monoisotopic (exact) mass is 334 g/mol. The maximum atomic E-state index is 12.0. The Balaban J connectivity index is 1.69. The second kappa shape index (κ2) is 7.49. The van der Waals surface area contributed by atoms with Gasteiger partial charge in [0.1, 0.15) is 6.04 Å². The van der Waals surface area contributed by atoms with Gasteiger partial charge in [0.2, 0.25) is 0 Å². The van der Waals surface area contributed by atoms with Crippen LogP contribution in [0.5, 0.6) is 0 Å². The van der Waals surface area contributed by atoms with E-state index in [1.54, 1.807) is 24.3 Å². The van der Waals surface area contributed by atoms with Gasteiger partial charge in [0.15, 0.2) is 5.78 Å². The Kier molecular flexibility index (Phi) is 4.95. The summed E-state index contributed by atoms with van der Waals surface area (Å²) in [5.41, 5.74) is 2.44. The van der Waals surface area contributed by atoms with Crippen LogP contribution < -0.4 is 5.32 Å². The number of hydrogen-bond acceptors (Lipinski definition) is 3. The van der Waals surface area contributed by atoms with E-state index in [-0.39, 0.29) is 5.78 Å². The summed E-state index contributed by atoms with van der Waals surface area (Å²) in [5, 5.41) is 13.2. The number of carbonyl (C=O) groups excluding carboxylic acids is 1. The number of carbonyl (C=O) groups is 2. The lowest BCUT2D eigenvalue weighted by Gasteiger charge is -2.12. The highest BCUT2D eigenvalue weighted by Crippen LogP contribution is 2.19. The van der Waals surface area contributed by atoms with Gasteiger partial charge in [-0.15, -0.1) is 0 Å². The van der Waals surface area contributed by atoms with Crippen LogP contribution >= 0.6 is 0 Å². The van der Waals surface area contributed by atoms with E-state index < -0.39 is 12.0 Å². The highest BCUT2D eigenvalue weighted by Gasteiger charge is 2.18. The summed E-state index contributed by atoms with van der Waals surface area (Å²) < 4.78 is 0. The Morgan fingerprint density at radius 1 is 1.08 bits per heavy atom. The van der Waals surface area contributed by atoms with Gasteiger partial charge in [-0.2, -0.15) is 0 Å². The molecule has 5 heteroatoms. The number of para-hydroxylation sites is 1. The van der Waals surface area contributed by atoms with Crippen LogP contribution in [0.4, 0.5) is 0 Å². The normalized spacial score (nSPS) is 12.3. The molecule has 3 rings (SSSR count). The molecule has 0 radical (unpaired) electrons. The summed E-state index contributed by atoms with van der Waals surface area (Å²) >= 11 is 0. The van der Waals surface area contributed by atoms with E-state index in [0.29, 0.717) is 12.0 Å². The second-order valence-electron chi connectivity index (χ2n) is 5.68. The van der Waals surface area contributed by atoms with Crippen molar-refractivity contribution in [2.24, 2.45) is 0 Å². The van der Waals surface area contributed by atoms with Crippen LogP contribution in [0, 0.1) is 0 Å². The average Bonchev–Trinajstić information content (AvgIpc) is 3.04. The number of H-pyrrole nitrogens is 1. The van der Waals surface area contributed by atoms with E-state index in [9.17, 15) is 14.7 Å². The van der Waals surface area contributed by atoms with E-state index >= 15 is 0 Å². The van der Waals surface area contributed by atoms with Crippen molar-refractivity contribution in [3.8, 4) is 0 Å². The standard InChI is InChI=1S/C20H18N2O3/c23-19(14-6-2-1-3-7-14)10-11-21-18(20(24)25)12-15-13-22-17-9-5-4-8-16(15)17/h1-11,13,18,21-22H,12H2,(H,24,25)/b11-10+. The van der Waals surface area contributed by atoms with Crippen LogP contribution in [0.25, 0.3) is 10.9 Å². The first-order valence-corrected chi connectivity index (χ1v) is 7.95.